The normalized spacial score (nSPS) is 16.8. The number of rotatable bonds is 7. The second-order valence-corrected chi connectivity index (χ2v) is 6.79. The number of nitrogens with zero attached hydrogens (tertiary/aromatic N) is 3. The number of methoxy groups -OCH3 is 1. The Balaban J connectivity index is 1.44. The lowest BCUT2D eigenvalue weighted by atomic mass is 10.2. The summed E-state index contributed by atoms with van der Waals surface area (Å²) in [5.74, 6) is 2.09. The number of aliphatic imine (C=N–C) groups is 1. The van der Waals surface area contributed by atoms with Crippen molar-refractivity contribution >= 4 is 23.2 Å². The summed E-state index contributed by atoms with van der Waals surface area (Å²) >= 11 is 6.03. The predicted octanol–water partition coefficient (Wildman–Crippen LogP) is 2.57. The minimum Gasteiger partial charge on any atom is -0.495 e. The number of guanidine groups is 1. The average molecular weight is 404 g/mol. The van der Waals surface area contributed by atoms with Crippen molar-refractivity contribution in [2.75, 3.05) is 45.3 Å². The van der Waals surface area contributed by atoms with Gasteiger partial charge in [-0.25, -0.2) is 4.98 Å². The van der Waals surface area contributed by atoms with E-state index in [0.717, 1.165) is 36.9 Å². The zero-order valence-electron chi connectivity index (χ0n) is 16.2. The van der Waals surface area contributed by atoms with Crippen LogP contribution in [-0.2, 0) is 0 Å². The lowest BCUT2D eigenvalue weighted by Crippen LogP contribution is -2.45. The van der Waals surface area contributed by atoms with E-state index in [9.17, 15) is 0 Å². The summed E-state index contributed by atoms with van der Waals surface area (Å²) in [5, 5.41) is 7.24. The number of aromatic nitrogens is 1. The van der Waals surface area contributed by atoms with Crippen LogP contribution in [0.15, 0.2) is 47.6 Å². The Hall–Kier alpha value is -2.67. The molecule has 7 nitrogen and oxygen atoms in total. The van der Waals surface area contributed by atoms with Crippen LogP contribution in [-0.4, -0.2) is 57.4 Å². The SMILES string of the molecule is CN=C(NCCOc1ncccc1Cl)NC1CCN(c2ccccc2OC)C1. The first-order chi connectivity index (χ1) is 13.7. The van der Waals surface area contributed by atoms with Gasteiger partial charge in [0.15, 0.2) is 5.96 Å². The third-order valence-corrected chi connectivity index (χ3v) is 4.82. The number of hydrogen-bond acceptors (Lipinski definition) is 5. The van der Waals surface area contributed by atoms with Crippen LogP contribution in [0.25, 0.3) is 0 Å². The summed E-state index contributed by atoms with van der Waals surface area (Å²) in [6, 6.07) is 11.9. The maximum absolute atomic E-state index is 6.03. The highest BCUT2D eigenvalue weighted by Crippen LogP contribution is 2.30. The predicted molar refractivity (Wildman–Crippen MR) is 113 cm³/mol. The van der Waals surface area contributed by atoms with Gasteiger partial charge < -0.3 is 25.0 Å². The van der Waals surface area contributed by atoms with E-state index < -0.39 is 0 Å². The van der Waals surface area contributed by atoms with Gasteiger partial charge in [0.2, 0.25) is 5.88 Å². The molecular formula is C20H26ClN5O2. The number of para-hydroxylation sites is 2. The average Bonchev–Trinajstić information content (AvgIpc) is 3.19. The Bertz CT molecular complexity index is 802. The van der Waals surface area contributed by atoms with Crippen molar-refractivity contribution in [1.82, 2.24) is 15.6 Å². The molecule has 0 amide bonds. The minimum absolute atomic E-state index is 0.308. The molecule has 1 aromatic carbocycles. The fourth-order valence-electron chi connectivity index (χ4n) is 3.17. The Labute approximate surface area is 170 Å². The van der Waals surface area contributed by atoms with Gasteiger partial charge in [-0.3, -0.25) is 4.99 Å². The number of anilines is 1. The molecule has 150 valence electrons. The van der Waals surface area contributed by atoms with Gasteiger partial charge in [0, 0.05) is 32.4 Å². The van der Waals surface area contributed by atoms with Crippen molar-refractivity contribution in [1.29, 1.82) is 0 Å². The number of pyridine rings is 1. The first kappa shape index (κ1) is 20.1. The highest BCUT2D eigenvalue weighted by atomic mass is 35.5. The molecule has 8 heteroatoms. The first-order valence-electron chi connectivity index (χ1n) is 9.29. The van der Waals surface area contributed by atoms with Crippen LogP contribution in [0.4, 0.5) is 5.69 Å². The number of nitrogens with one attached hydrogen (secondary N) is 2. The van der Waals surface area contributed by atoms with E-state index in [1.807, 2.05) is 18.2 Å². The van der Waals surface area contributed by atoms with Crippen molar-refractivity contribution < 1.29 is 9.47 Å². The van der Waals surface area contributed by atoms with Crippen molar-refractivity contribution in [2.24, 2.45) is 4.99 Å². The van der Waals surface area contributed by atoms with Gasteiger partial charge in [0.25, 0.3) is 0 Å². The molecule has 1 aromatic heterocycles. The highest BCUT2D eigenvalue weighted by molar-refractivity contribution is 6.31. The van der Waals surface area contributed by atoms with Gasteiger partial charge in [-0.05, 0) is 30.7 Å². The van der Waals surface area contributed by atoms with E-state index >= 15 is 0 Å². The van der Waals surface area contributed by atoms with Gasteiger partial charge in [-0.15, -0.1) is 0 Å². The first-order valence-corrected chi connectivity index (χ1v) is 9.67. The standard InChI is InChI=1S/C20H26ClN5O2/c1-22-20(24-11-13-28-19-16(21)6-5-10-23-19)25-15-9-12-26(14-15)17-7-3-4-8-18(17)27-2/h3-8,10,15H,9,11-14H2,1-2H3,(H2,22,24,25). The molecule has 2 N–H and O–H groups in total. The van der Waals surface area contributed by atoms with E-state index in [1.165, 1.54) is 0 Å². The minimum atomic E-state index is 0.308. The monoisotopic (exact) mass is 403 g/mol. The fourth-order valence-corrected chi connectivity index (χ4v) is 3.35. The molecule has 0 bridgehead atoms. The van der Waals surface area contributed by atoms with E-state index in [2.05, 4.69) is 31.6 Å². The van der Waals surface area contributed by atoms with Gasteiger partial charge in [-0.1, -0.05) is 23.7 Å². The highest BCUT2D eigenvalue weighted by Gasteiger charge is 2.25. The summed E-state index contributed by atoms with van der Waals surface area (Å²) in [4.78, 5) is 10.7. The van der Waals surface area contributed by atoms with Gasteiger partial charge >= 0.3 is 0 Å². The summed E-state index contributed by atoms with van der Waals surface area (Å²) in [6.45, 7) is 2.89. The summed E-state index contributed by atoms with van der Waals surface area (Å²) < 4.78 is 11.1. The van der Waals surface area contributed by atoms with Crippen LogP contribution >= 0.6 is 11.6 Å². The number of ether oxygens (including phenoxy) is 2. The third kappa shape index (κ3) is 5.19. The van der Waals surface area contributed by atoms with Crippen molar-refractivity contribution in [3.63, 3.8) is 0 Å². The molecule has 1 fully saturated rings. The van der Waals surface area contributed by atoms with Gasteiger partial charge in [0.05, 0.1) is 19.3 Å². The van der Waals surface area contributed by atoms with Crippen LogP contribution in [0.2, 0.25) is 5.02 Å². The molecule has 1 aliphatic rings. The summed E-state index contributed by atoms with van der Waals surface area (Å²) in [5.41, 5.74) is 1.12. The smallest absolute Gasteiger partial charge is 0.232 e. The van der Waals surface area contributed by atoms with E-state index in [0.29, 0.717) is 30.1 Å². The van der Waals surface area contributed by atoms with Crippen LogP contribution in [0.1, 0.15) is 6.42 Å². The fraction of sp³-hybridized carbons (Fsp3) is 0.400. The van der Waals surface area contributed by atoms with Crippen molar-refractivity contribution in [2.45, 2.75) is 12.5 Å². The molecule has 1 atom stereocenters. The zero-order valence-corrected chi connectivity index (χ0v) is 16.9. The molecule has 1 aliphatic heterocycles. The molecule has 0 spiro atoms. The Morgan fingerprint density at radius 3 is 2.96 bits per heavy atom. The Morgan fingerprint density at radius 2 is 2.18 bits per heavy atom. The molecule has 2 heterocycles. The van der Waals surface area contributed by atoms with Crippen LogP contribution in [0.3, 0.4) is 0 Å². The number of hydrogen-bond donors (Lipinski definition) is 2. The van der Waals surface area contributed by atoms with E-state index in [4.69, 9.17) is 21.1 Å². The van der Waals surface area contributed by atoms with Gasteiger partial charge in [-0.2, -0.15) is 0 Å². The maximum atomic E-state index is 6.03. The Kier molecular flexibility index (Phi) is 7.19. The van der Waals surface area contributed by atoms with E-state index in [1.54, 1.807) is 32.5 Å². The number of benzene rings is 1. The number of halogens is 1. The topological polar surface area (TPSA) is 71.0 Å². The van der Waals surface area contributed by atoms with Gasteiger partial charge in [0.1, 0.15) is 17.4 Å². The van der Waals surface area contributed by atoms with E-state index in [-0.39, 0.29) is 0 Å². The third-order valence-electron chi connectivity index (χ3n) is 4.54. The Morgan fingerprint density at radius 1 is 1.32 bits per heavy atom. The molecule has 2 aromatic rings. The molecule has 1 saturated heterocycles. The largest absolute Gasteiger partial charge is 0.495 e. The van der Waals surface area contributed by atoms with Crippen LogP contribution < -0.4 is 25.0 Å². The quantitative estimate of drug-likeness (QED) is 0.420. The zero-order chi connectivity index (χ0) is 19.8. The molecule has 0 aliphatic carbocycles. The van der Waals surface area contributed by atoms with Crippen LogP contribution in [0, 0.1) is 0 Å². The summed E-state index contributed by atoms with van der Waals surface area (Å²) in [6.07, 6.45) is 2.68. The molecule has 0 radical (unpaired) electrons. The second kappa shape index (κ2) is 10.0. The maximum Gasteiger partial charge on any atom is 0.232 e. The van der Waals surface area contributed by atoms with Crippen molar-refractivity contribution in [3.8, 4) is 11.6 Å². The molecule has 28 heavy (non-hydrogen) atoms. The molecular weight excluding hydrogens is 378 g/mol. The molecule has 3 rings (SSSR count). The lowest BCUT2D eigenvalue weighted by Gasteiger charge is -2.22. The summed E-state index contributed by atoms with van der Waals surface area (Å²) in [7, 11) is 3.47. The molecule has 0 saturated carbocycles. The lowest BCUT2D eigenvalue weighted by molar-refractivity contribution is 0.310. The second-order valence-electron chi connectivity index (χ2n) is 6.39. The molecule has 1 unspecified atom stereocenters. The van der Waals surface area contributed by atoms with Crippen LogP contribution in [0.5, 0.6) is 11.6 Å². The van der Waals surface area contributed by atoms with Crippen molar-refractivity contribution in [3.05, 3.63) is 47.6 Å².